The molecule has 1 aromatic heterocycles. The zero-order valence-electron chi connectivity index (χ0n) is 10.6. The van der Waals surface area contributed by atoms with Gasteiger partial charge in [-0.1, -0.05) is 26.2 Å². The van der Waals surface area contributed by atoms with Crippen molar-refractivity contribution in [1.82, 2.24) is 9.97 Å². The van der Waals surface area contributed by atoms with Crippen LogP contribution in [0.2, 0.25) is 0 Å². The van der Waals surface area contributed by atoms with Crippen molar-refractivity contribution in [2.24, 2.45) is 11.8 Å². The lowest BCUT2D eigenvalue weighted by Crippen LogP contribution is -2.27. The second kappa shape index (κ2) is 5.39. The van der Waals surface area contributed by atoms with Crippen LogP contribution in [-0.2, 0) is 0 Å². The standard InChI is InChI=1S/C14H20N2O/c1-3-11-6-4-5-7-12(11)14(17)13-8-9-15-10(2)16-13/h8-9,11-12H,3-7H2,1-2H3. The summed E-state index contributed by atoms with van der Waals surface area (Å²) in [6.45, 7) is 4.01. The molecule has 1 fully saturated rings. The third-order valence-corrected chi connectivity index (χ3v) is 3.80. The molecule has 2 rings (SSSR count). The predicted octanol–water partition coefficient (Wildman–Crippen LogP) is 3.18. The van der Waals surface area contributed by atoms with Crippen LogP contribution in [0.15, 0.2) is 12.3 Å². The van der Waals surface area contributed by atoms with Crippen molar-refractivity contribution >= 4 is 5.78 Å². The second-order valence-electron chi connectivity index (χ2n) is 4.91. The maximum absolute atomic E-state index is 12.4. The van der Waals surface area contributed by atoms with Crippen LogP contribution in [0.3, 0.4) is 0 Å². The Bertz CT molecular complexity index is 403. The maximum Gasteiger partial charge on any atom is 0.184 e. The van der Waals surface area contributed by atoms with Crippen LogP contribution in [-0.4, -0.2) is 15.8 Å². The molecular weight excluding hydrogens is 212 g/mol. The summed E-state index contributed by atoms with van der Waals surface area (Å²) in [5, 5.41) is 0. The van der Waals surface area contributed by atoms with Gasteiger partial charge in [0.15, 0.2) is 5.78 Å². The van der Waals surface area contributed by atoms with Gasteiger partial charge in [0.05, 0.1) is 0 Å². The zero-order chi connectivity index (χ0) is 12.3. The van der Waals surface area contributed by atoms with Gasteiger partial charge in [0.2, 0.25) is 0 Å². The fourth-order valence-corrected chi connectivity index (χ4v) is 2.82. The van der Waals surface area contributed by atoms with Gasteiger partial charge >= 0.3 is 0 Å². The first-order valence-electron chi connectivity index (χ1n) is 6.56. The van der Waals surface area contributed by atoms with Crippen molar-refractivity contribution in [3.63, 3.8) is 0 Å². The normalized spacial score (nSPS) is 24.6. The molecular formula is C14H20N2O. The average molecular weight is 232 g/mol. The molecule has 3 nitrogen and oxygen atoms in total. The largest absolute Gasteiger partial charge is 0.292 e. The van der Waals surface area contributed by atoms with Crippen LogP contribution in [0.1, 0.15) is 55.3 Å². The second-order valence-corrected chi connectivity index (χ2v) is 4.91. The number of rotatable bonds is 3. The van der Waals surface area contributed by atoms with E-state index in [1.807, 2.05) is 6.92 Å². The first kappa shape index (κ1) is 12.2. The Hall–Kier alpha value is -1.25. The summed E-state index contributed by atoms with van der Waals surface area (Å²) in [4.78, 5) is 20.7. The van der Waals surface area contributed by atoms with Gasteiger partial charge in [0.25, 0.3) is 0 Å². The number of aromatic nitrogens is 2. The Morgan fingerprint density at radius 2 is 2.18 bits per heavy atom. The minimum absolute atomic E-state index is 0.183. The summed E-state index contributed by atoms with van der Waals surface area (Å²) in [5.74, 6) is 1.64. The molecule has 1 aromatic rings. The van der Waals surface area contributed by atoms with Crippen molar-refractivity contribution < 1.29 is 4.79 Å². The van der Waals surface area contributed by atoms with Crippen LogP contribution in [0.4, 0.5) is 0 Å². The van der Waals surface area contributed by atoms with Crippen LogP contribution < -0.4 is 0 Å². The molecule has 0 N–H and O–H groups in total. The molecule has 1 aliphatic rings. The molecule has 0 spiro atoms. The fraction of sp³-hybridized carbons (Fsp3) is 0.643. The lowest BCUT2D eigenvalue weighted by molar-refractivity contribution is 0.0814. The van der Waals surface area contributed by atoms with E-state index in [4.69, 9.17) is 0 Å². The van der Waals surface area contributed by atoms with Gasteiger partial charge < -0.3 is 0 Å². The van der Waals surface area contributed by atoms with Gasteiger partial charge in [-0.15, -0.1) is 0 Å². The van der Waals surface area contributed by atoms with E-state index in [-0.39, 0.29) is 11.7 Å². The van der Waals surface area contributed by atoms with Crippen LogP contribution in [0.25, 0.3) is 0 Å². The number of ketones is 1. The Morgan fingerprint density at radius 3 is 2.88 bits per heavy atom. The minimum atomic E-state index is 0.183. The molecule has 92 valence electrons. The molecule has 1 saturated carbocycles. The van der Waals surface area contributed by atoms with Gasteiger partial charge in [-0.3, -0.25) is 4.79 Å². The quantitative estimate of drug-likeness (QED) is 0.752. The van der Waals surface area contributed by atoms with Crippen molar-refractivity contribution in [3.8, 4) is 0 Å². The maximum atomic E-state index is 12.4. The Morgan fingerprint density at radius 1 is 1.41 bits per heavy atom. The summed E-state index contributed by atoms with van der Waals surface area (Å²) in [7, 11) is 0. The number of hydrogen-bond acceptors (Lipinski definition) is 3. The van der Waals surface area contributed by atoms with Crippen molar-refractivity contribution in [2.75, 3.05) is 0 Å². The number of carbonyl (C=O) groups excluding carboxylic acids is 1. The summed E-state index contributed by atoms with van der Waals surface area (Å²) in [6, 6.07) is 1.75. The Kier molecular flexibility index (Phi) is 3.87. The average Bonchev–Trinajstić information content (AvgIpc) is 2.38. The van der Waals surface area contributed by atoms with Crippen molar-refractivity contribution in [2.45, 2.75) is 46.0 Å². The summed E-state index contributed by atoms with van der Waals surface area (Å²) >= 11 is 0. The Labute approximate surface area is 103 Å². The highest BCUT2D eigenvalue weighted by Crippen LogP contribution is 2.34. The van der Waals surface area contributed by atoms with E-state index in [0.717, 1.165) is 12.8 Å². The van der Waals surface area contributed by atoms with E-state index < -0.39 is 0 Å². The zero-order valence-corrected chi connectivity index (χ0v) is 10.6. The summed E-state index contributed by atoms with van der Waals surface area (Å²) in [6.07, 6.45) is 7.44. The van der Waals surface area contributed by atoms with Crippen molar-refractivity contribution in [1.29, 1.82) is 0 Å². The highest BCUT2D eigenvalue weighted by Gasteiger charge is 2.30. The van der Waals surface area contributed by atoms with Gasteiger partial charge in [-0.25, -0.2) is 9.97 Å². The van der Waals surface area contributed by atoms with E-state index in [0.29, 0.717) is 17.4 Å². The van der Waals surface area contributed by atoms with Gasteiger partial charge in [-0.2, -0.15) is 0 Å². The number of carbonyl (C=O) groups is 1. The molecule has 2 atom stereocenters. The highest BCUT2D eigenvalue weighted by atomic mass is 16.1. The van der Waals surface area contributed by atoms with Crippen molar-refractivity contribution in [3.05, 3.63) is 23.8 Å². The van der Waals surface area contributed by atoms with E-state index in [9.17, 15) is 4.79 Å². The molecule has 1 heterocycles. The monoisotopic (exact) mass is 232 g/mol. The smallest absolute Gasteiger partial charge is 0.184 e. The molecule has 0 bridgehead atoms. The van der Waals surface area contributed by atoms with Crippen LogP contribution in [0, 0.1) is 18.8 Å². The number of Topliss-reactive ketones (excluding diaryl/α,β-unsaturated/α-hetero) is 1. The molecule has 3 heteroatoms. The molecule has 0 amide bonds. The Balaban J connectivity index is 2.18. The molecule has 0 saturated heterocycles. The number of nitrogens with zero attached hydrogens (tertiary/aromatic N) is 2. The molecule has 17 heavy (non-hydrogen) atoms. The highest BCUT2D eigenvalue weighted by molar-refractivity contribution is 5.96. The van der Waals surface area contributed by atoms with Crippen LogP contribution >= 0.6 is 0 Å². The third-order valence-electron chi connectivity index (χ3n) is 3.80. The van der Waals surface area contributed by atoms with Crippen LogP contribution in [0.5, 0.6) is 0 Å². The van der Waals surface area contributed by atoms with Gasteiger partial charge in [0, 0.05) is 12.1 Å². The topological polar surface area (TPSA) is 42.9 Å². The molecule has 1 aliphatic carbocycles. The van der Waals surface area contributed by atoms with E-state index in [1.54, 1.807) is 12.3 Å². The lowest BCUT2D eigenvalue weighted by Gasteiger charge is -2.29. The van der Waals surface area contributed by atoms with Gasteiger partial charge in [-0.05, 0) is 31.7 Å². The number of hydrogen-bond donors (Lipinski definition) is 0. The summed E-state index contributed by atoms with van der Waals surface area (Å²) in [5.41, 5.74) is 0.600. The third kappa shape index (κ3) is 2.71. The lowest BCUT2D eigenvalue weighted by atomic mass is 9.75. The van der Waals surface area contributed by atoms with Gasteiger partial charge in [0.1, 0.15) is 11.5 Å². The number of aryl methyl sites for hydroxylation is 1. The predicted molar refractivity (Wildman–Crippen MR) is 66.8 cm³/mol. The summed E-state index contributed by atoms with van der Waals surface area (Å²) < 4.78 is 0. The van der Waals surface area contributed by atoms with E-state index >= 15 is 0 Å². The minimum Gasteiger partial charge on any atom is -0.292 e. The first-order chi connectivity index (χ1) is 8.22. The fourth-order valence-electron chi connectivity index (χ4n) is 2.82. The molecule has 2 unspecified atom stereocenters. The SMILES string of the molecule is CCC1CCCCC1C(=O)c1ccnc(C)n1. The molecule has 0 aromatic carbocycles. The van der Waals surface area contributed by atoms with E-state index in [1.165, 1.54) is 19.3 Å². The molecule has 0 radical (unpaired) electrons. The van der Waals surface area contributed by atoms with E-state index in [2.05, 4.69) is 16.9 Å². The molecule has 0 aliphatic heterocycles. The first-order valence-corrected chi connectivity index (χ1v) is 6.56.